The van der Waals surface area contributed by atoms with E-state index in [4.69, 9.17) is 20.3 Å². The minimum atomic E-state index is -3.80. The first-order valence-corrected chi connectivity index (χ1v) is 20.4. The standard InChI is InChI=1S/C20H22N4O4S.C18H24N4O3.C5H5NO2/c1-13-10-19(21)23-14(2)18(13)11-22-20(25)15-8-9-24(12-15)29(26,27)17-6-4-16(28-3)5-7-17;1-11-8-15(22-17(24)25-18(3,4)5)21-12(2)14(11)10-20-16(23)13-6-7-19-9-13;7-5(8)4-1-2-6-3-4/h4-10,12H,11H2,1-3H3,(H2,21,23)(H,22,25);6-9,19H,10H2,1-5H3,(H,20,23)(H,21,22,24);1-3,6H,(H,7,8). The average Bonchev–Trinajstić information content (AvgIpc) is 4.01. The number of carbonyl (C=O) groups is 4. The molecule has 5 aromatic heterocycles. The third-order valence-electron chi connectivity index (χ3n) is 8.88. The molecule has 0 saturated carbocycles. The maximum atomic E-state index is 12.7. The zero-order valence-electron chi connectivity index (χ0n) is 35.6. The number of aryl methyl sites for hydroxylation is 4. The Morgan fingerprint density at radius 1 is 0.790 bits per heavy atom. The number of methoxy groups -OCH3 is 1. The number of nitrogens with two attached hydrogens (primary N) is 1. The second kappa shape index (κ2) is 20.7. The van der Waals surface area contributed by atoms with Gasteiger partial charge in [-0.15, -0.1) is 0 Å². The molecule has 0 aliphatic carbocycles. The first-order chi connectivity index (χ1) is 29.2. The van der Waals surface area contributed by atoms with Gasteiger partial charge in [0, 0.05) is 61.7 Å². The molecular weight excluding hydrogens is 819 g/mol. The van der Waals surface area contributed by atoms with Crippen LogP contribution in [0.15, 0.2) is 96.7 Å². The summed E-state index contributed by atoms with van der Waals surface area (Å²) < 4.78 is 36.8. The van der Waals surface area contributed by atoms with Crippen LogP contribution < -0.4 is 26.4 Å². The predicted octanol–water partition coefficient (Wildman–Crippen LogP) is 6.27. The summed E-state index contributed by atoms with van der Waals surface area (Å²) in [4.78, 5) is 60.6. The van der Waals surface area contributed by atoms with Crippen LogP contribution in [0.2, 0.25) is 0 Å². The van der Waals surface area contributed by atoms with Crippen LogP contribution >= 0.6 is 0 Å². The molecule has 1 aromatic carbocycles. The maximum Gasteiger partial charge on any atom is 0.413 e. The summed E-state index contributed by atoms with van der Waals surface area (Å²) in [7, 11) is -2.30. The van der Waals surface area contributed by atoms with Crippen molar-refractivity contribution >= 4 is 45.5 Å². The third kappa shape index (κ3) is 13.3. The molecule has 5 heterocycles. The number of H-pyrrole nitrogens is 2. The minimum Gasteiger partial charge on any atom is -0.497 e. The zero-order valence-corrected chi connectivity index (χ0v) is 36.4. The number of nitrogens with one attached hydrogen (secondary N) is 5. The van der Waals surface area contributed by atoms with Gasteiger partial charge in [-0.3, -0.25) is 14.9 Å². The second-order valence-corrected chi connectivity index (χ2v) is 16.6. The molecule has 0 saturated heterocycles. The van der Waals surface area contributed by atoms with Crippen molar-refractivity contribution in [2.75, 3.05) is 18.2 Å². The van der Waals surface area contributed by atoms with Crippen LogP contribution in [0.3, 0.4) is 0 Å². The summed E-state index contributed by atoms with van der Waals surface area (Å²) in [5.74, 6) is -0.0355. The quantitative estimate of drug-likeness (QED) is 0.0759. The molecule has 6 aromatic rings. The molecule has 62 heavy (non-hydrogen) atoms. The van der Waals surface area contributed by atoms with Crippen molar-refractivity contribution in [2.24, 2.45) is 0 Å². The molecule has 0 atom stereocenters. The highest BCUT2D eigenvalue weighted by atomic mass is 32.2. The largest absolute Gasteiger partial charge is 0.497 e. The molecule has 0 unspecified atom stereocenters. The van der Waals surface area contributed by atoms with Crippen molar-refractivity contribution in [2.45, 2.75) is 72.1 Å². The van der Waals surface area contributed by atoms with E-state index in [1.54, 1.807) is 69.7 Å². The van der Waals surface area contributed by atoms with Gasteiger partial charge in [-0.25, -0.2) is 31.9 Å². The lowest BCUT2D eigenvalue weighted by Crippen LogP contribution is -2.28. The molecule has 8 N–H and O–H groups in total. The summed E-state index contributed by atoms with van der Waals surface area (Å²) in [6.45, 7) is 13.5. The van der Waals surface area contributed by atoms with Gasteiger partial charge in [0.15, 0.2) is 0 Å². The Morgan fingerprint density at radius 2 is 1.34 bits per heavy atom. The molecule has 0 aliphatic rings. The molecule has 18 nitrogen and oxygen atoms in total. The van der Waals surface area contributed by atoms with Crippen LogP contribution in [0.4, 0.5) is 16.4 Å². The molecule has 0 aliphatic heterocycles. The highest BCUT2D eigenvalue weighted by Crippen LogP contribution is 2.21. The number of amides is 3. The van der Waals surface area contributed by atoms with E-state index in [-0.39, 0.29) is 28.8 Å². The normalized spacial score (nSPS) is 10.9. The van der Waals surface area contributed by atoms with Crippen LogP contribution in [0.5, 0.6) is 5.75 Å². The number of nitrogen functional groups attached to an aromatic ring is 1. The molecule has 3 amide bonds. The Labute approximate surface area is 359 Å². The summed E-state index contributed by atoms with van der Waals surface area (Å²) in [6, 6.07) is 14.2. The first-order valence-electron chi connectivity index (χ1n) is 19.0. The number of hydrogen-bond donors (Lipinski definition) is 7. The summed E-state index contributed by atoms with van der Waals surface area (Å²) in [6.07, 6.45) is 8.43. The number of pyridine rings is 2. The average molecular weight is 870 g/mol. The Hall–Kier alpha value is -7.41. The smallest absolute Gasteiger partial charge is 0.413 e. The Bertz CT molecular complexity index is 2550. The van der Waals surface area contributed by atoms with E-state index in [0.29, 0.717) is 35.1 Å². The lowest BCUT2D eigenvalue weighted by molar-refractivity contribution is 0.0633. The van der Waals surface area contributed by atoms with Gasteiger partial charge in [0.25, 0.3) is 21.8 Å². The van der Waals surface area contributed by atoms with Crippen LogP contribution in [0.1, 0.15) is 85.5 Å². The van der Waals surface area contributed by atoms with Crippen molar-refractivity contribution in [1.82, 2.24) is 34.5 Å². The number of anilines is 2. The van der Waals surface area contributed by atoms with Crippen molar-refractivity contribution in [3.8, 4) is 5.75 Å². The van der Waals surface area contributed by atoms with Crippen LogP contribution in [-0.2, 0) is 27.8 Å². The highest BCUT2D eigenvalue weighted by Gasteiger charge is 2.20. The second-order valence-electron chi connectivity index (χ2n) is 14.7. The first kappa shape index (κ1) is 47.3. The number of aromatic amines is 2. The maximum absolute atomic E-state index is 12.7. The fourth-order valence-electron chi connectivity index (χ4n) is 5.75. The Balaban J connectivity index is 0.000000233. The minimum absolute atomic E-state index is 0.0973. The number of hydrogen-bond acceptors (Lipinski definition) is 11. The molecule has 0 bridgehead atoms. The van der Waals surface area contributed by atoms with E-state index in [2.05, 4.69) is 35.9 Å². The number of carboxylic acid groups (broad SMARTS) is 1. The Kier molecular flexibility index (Phi) is 15.8. The topological polar surface area (TPSA) is 266 Å². The van der Waals surface area contributed by atoms with Gasteiger partial charge in [0.2, 0.25) is 0 Å². The number of ether oxygens (including phenoxy) is 2. The number of carbonyl (C=O) groups excluding carboxylic acids is 3. The number of carboxylic acids is 1. The van der Waals surface area contributed by atoms with Gasteiger partial charge in [-0.05, 0) is 125 Å². The van der Waals surface area contributed by atoms with Gasteiger partial charge in [-0.2, -0.15) is 0 Å². The predicted molar refractivity (Wildman–Crippen MR) is 233 cm³/mol. The van der Waals surface area contributed by atoms with E-state index in [9.17, 15) is 27.6 Å². The van der Waals surface area contributed by atoms with E-state index in [1.165, 1.54) is 50.0 Å². The third-order valence-corrected chi connectivity index (χ3v) is 10.5. The lowest BCUT2D eigenvalue weighted by atomic mass is 10.1. The molecule has 19 heteroatoms. The molecule has 0 radical (unpaired) electrons. The van der Waals surface area contributed by atoms with Gasteiger partial charge >= 0.3 is 12.1 Å². The SMILES string of the molecule is COc1ccc(S(=O)(=O)n2ccc(C(=O)NCc3c(C)cc(N)nc3C)c2)cc1.Cc1cc(NC(=O)OC(C)(C)C)nc(C)c1CNC(=O)c1cc[nH]c1.O=C(O)c1cc[nH]c1. The summed E-state index contributed by atoms with van der Waals surface area (Å²) >= 11 is 0. The van der Waals surface area contributed by atoms with Gasteiger partial charge < -0.3 is 40.9 Å². The number of benzene rings is 1. The molecule has 0 fully saturated rings. The van der Waals surface area contributed by atoms with E-state index < -0.39 is 27.7 Å². The zero-order chi connectivity index (χ0) is 45.8. The lowest BCUT2D eigenvalue weighted by Gasteiger charge is -2.20. The van der Waals surface area contributed by atoms with Crippen molar-refractivity contribution in [1.29, 1.82) is 0 Å². The van der Waals surface area contributed by atoms with Crippen molar-refractivity contribution in [3.05, 3.63) is 142 Å². The monoisotopic (exact) mass is 869 g/mol. The van der Waals surface area contributed by atoms with E-state index in [1.807, 2.05) is 27.7 Å². The fourth-order valence-corrected chi connectivity index (χ4v) is 6.94. The highest BCUT2D eigenvalue weighted by molar-refractivity contribution is 7.90. The van der Waals surface area contributed by atoms with Crippen molar-refractivity contribution in [3.63, 3.8) is 0 Å². The molecule has 328 valence electrons. The summed E-state index contributed by atoms with van der Waals surface area (Å²) in [5, 5.41) is 16.5. The van der Waals surface area contributed by atoms with Gasteiger partial charge in [0.1, 0.15) is 23.0 Å². The number of aromatic carboxylic acids is 1. The Morgan fingerprint density at radius 3 is 1.82 bits per heavy atom. The van der Waals surface area contributed by atoms with Crippen LogP contribution in [0, 0.1) is 27.7 Å². The van der Waals surface area contributed by atoms with E-state index >= 15 is 0 Å². The fraction of sp³-hybridized carbons (Fsp3) is 0.256. The van der Waals surface area contributed by atoms with Gasteiger partial charge in [-0.1, -0.05) is 0 Å². The van der Waals surface area contributed by atoms with E-state index in [0.717, 1.165) is 37.6 Å². The molecule has 0 spiro atoms. The number of nitrogens with zero attached hydrogens (tertiary/aromatic N) is 3. The van der Waals surface area contributed by atoms with Crippen LogP contribution in [0.25, 0.3) is 0 Å². The molecule has 6 rings (SSSR count). The number of aromatic nitrogens is 5. The van der Waals surface area contributed by atoms with Crippen molar-refractivity contribution < 1.29 is 42.2 Å². The number of rotatable bonds is 11. The molecular formula is C43H51N9O9S. The van der Waals surface area contributed by atoms with Gasteiger partial charge in [0.05, 0.1) is 28.7 Å². The van der Waals surface area contributed by atoms with Crippen LogP contribution in [-0.4, -0.2) is 74.0 Å². The summed E-state index contributed by atoms with van der Waals surface area (Å²) in [5.41, 5.74) is 11.4.